The number of H-pyrrole nitrogens is 1. The van der Waals surface area contributed by atoms with Crippen molar-refractivity contribution in [1.29, 1.82) is 0 Å². The van der Waals surface area contributed by atoms with Gasteiger partial charge in [0, 0.05) is 12.4 Å². The molecule has 0 aliphatic carbocycles. The molecule has 66 valence electrons. The second-order valence-electron chi connectivity index (χ2n) is 2.67. The van der Waals surface area contributed by atoms with E-state index in [1.807, 2.05) is 0 Å². The first-order chi connectivity index (χ1) is 6.18. The molecule has 4 nitrogen and oxygen atoms in total. The van der Waals surface area contributed by atoms with Crippen molar-refractivity contribution < 1.29 is 0 Å². The van der Waals surface area contributed by atoms with Gasteiger partial charge in [0.05, 0.1) is 14.5 Å². The van der Waals surface area contributed by atoms with Crippen LogP contribution in [0.1, 0.15) is 5.82 Å². The second-order valence-corrected chi connectivity index (χ2v) is 3.83. The lowest BCUT2D eigenvalue weighted by molar-refractivity contribution is 1.05. The van der Waals surface area contributed by atoms with E-state index in [9.17, 15) is 4.79 Å². The summed E-state index contributed by atoms with van der Waals surface area (Å²) in [4.78, 5) is 22.2. The molecular weight excluding hydrogens is 281 g/mol. The summed E-state index contributed by atoms with van der Waals surface area (Å²) in [5.74, 6) is 0.626. The van der Waals surface area contributed by atoms with Gasteiger partial charge in [-0.2, -0.15) is 0 Å². The number of halogens is 1. The van der Waals surface area contributed by atoms with E-state index >= 15 is 0 Å². The van der Waals surface area contributed by atoms with Gasteiger partial charge in [-0.3, -0.25) is 9.78 Å². The van der Waals surface area contributed by atoms with Crippen LogP contribution in [0.2, 0.25) is 0 Å². The van der Waals surface area contributed by atoms with Gasteiger partial charge in [0.1, 0.15) is 5.82 Å². The topological polar surface area (TPSA) is 58.6 Å². The summed E-state index contributed by atoms with van der Waals surface area (Å²) in [5, 5.41) is 0.539. The molecule has 13 heavy (non-hydrogen) atoms. The van der Waals surface area contributed by atoms with Crippen LogP contribution in [0, 0.1) is 10.5 Å². The monoisotopic (exact) mass is 287 g/mol. The van der Waals surface area contributed by atoms with Gasteiger partial charge in [-0.15, -0.1) is 0 Å². The molecule has 0 radical (unpaired) electrons. The number of nitrogens with one attached hydrogen (secondary N) is 1. The maximum Gasteiger partial charge on any atom is 0.260 e. The van der Waals surface area contributed by atoms with Crippen molar-refractivity contribution in [2.45, 2.75) is 6.92 Å². The molecule has 1 N–H and O–H groups in total. The first kappa shape index (κ1) is 8.61. The maximum absolute atomic E-state index is 11.4. The number of aromatic amines is 1. The zero-order chi connectivity index (χ0) is 9.42. The van der Waals surface area contributed by atoms with Crippen molar-refractivity contribution in [3.05, 3.63) is 32.1 Å². The lowest BCUT2D eigenvalue weighted by Gasteiger charge is -1.98. The third kappa shape index (κ3) is 1.43. The van der Waals surface area contributed by atoms with E-state index in [1.54, 1.807) is 13.1 Å². The lowest BCUT2D eigenvalue weighted by Crippen LogP contribution is -2.10. The van der Waals surface area contributed by atoms with Crippen LogP contribution in [0.15, 0.2) is 17.2 Å². The van der Waals surface area contributed by atoms with Crippen LogP contribution in [0.5, 0.6) is 0 Å². The van der Waals surface area contributed by atoms with E-state index in [0.717, 1.165) is 9.09 Å². The van der Waals surface area contributed by atoms with Crippen LogP contribution in [0.4, 0.5) is 0 Å². The fraction of sp³-hybridized carbons (Fsp3) is 0.125. The first-order valence-electron chi connectivity index (χ1n) is 3.68. The second kappa shape index (κ2) is 3.06. The van der Waals surface area contributed by atoms with Crippen LogP contribution in [-0.4, -0.2) is 15.0 Å². The van der Waals surface area contributed by atoms with Crippen LogP contribution in [0.25, 0.3) is 10.9 Å². The van der Waals surface area contributed by atoms with E-state index < -0.39 is 0 Å². The number of nitrogens with zero attached hydrogens (tertiary/aromatic N) is 2. The minimum Gasteiger partial charge on any atom is -0.310 e. The normalized spacial score (nSPS) is 10.6. The maximum atomic E-state index is 11.4. The number of rotatable bonds is 0. The number of hydrogen-bond donors (Lipinski definition) is 1. The quantitative estimate of drug-likeness (QED) is 0.741. The highest BCUT2D eigenvalue weighted by Crippen LogP contribution is 2.12. The minimum atomic E-state index is -0.131. The number of aromatic nitrogens is 3. The summed E-state index contributed by atoms with van der Waals surface area (Å²) in [7, 11) is 0. The number of aryl methyl sites for hydroxylation is 1. The Morgan fingerprint density at radius 3 is 3.00 bits per heavy atom. The molecular formula is C8H6IN3O. The van der Waals surface area contributed by atoms with Crippen LogP contribution in [0.3, 0.4) is 0 Å². The molecule has 0 saturated carbocycles. The Balaban J connectivity index is 3.03. The molecule has 2 heterocycles. The SMILES string of the molecule is Cc1nc2c(I)cncc2c(=O)[nH]1. The van der Waals surface area contributed by atoms with Gasteiger partial charge in [-0.1, -0.05) is 0 Å². The van der Waals surface area contributed by atoms with E-state index in [2.05, 4.69) is 37.5 Å². The summed E-state index contributed by atoms with van der Waals surface area (Å²) < 4.78 is 0.893. The Morgan fingerprint density at radius 2 is 2.23 bits per heavy atom. The molecule has 0 spiro atoms. The smallest absolute Gasteiger partial charge is 0.260 e. The third-order valence-corrected chi connectivity index (χ3v) is 2.48. The summed E-state index contributed by atoms with van der Waals surface area (Å²) in [6, 6.07) is 0. The van der Waals surface area contributed by atoms with E-state index in [0.29, 0.717) is 11.2 Å². The summed E-state index contributed by atoms with van der Waals surface area (Å²) in [5.41, 5.74) is 0.588. The molecule has 2 rings (SSSR count). The average molecular weight is 287 g/mol. The molecule has 0 aromatic carbocycles. The van der Waals surface area contributed by atoms with Gasteiger partial charge in [-0.05, 0) is 29.5 Å². The molecule has 0 bridgehead atoms. The van der Waals surface area contributed by atoms with Gasteiger partial charge >= 0.3 is 0 Å². The van der Waals surface area contributed by atoms with Gasteiger partial charge < -0.3 is 4.98 Å². The van der Waals surface area contributed by atoms with Crippen molar-refractivity contribution >= 4 is 33.5 Å². The predicted octanol–water partition coefficient (Wildman–Crippen LogP) is 1.23. The molecule has 0 amide bonds. The summed E-state index contributed by atoms with van der Waals surface area (Å²) >= 11 is 2.11. The van der Waals surface area contributed by atoms with Crippen molar-refractivity contribution in [3.63, 3.8) is 0 Å². The van der Waals surface area contributed by atoms with Gasteiger partial charge in [0.15, 0.2) is 0 Å². The Morgan fingerprint density at radius 1 is 1.46 bits per heavy atom. The van der Waals surface area contributed by atoms with Crippen molar-refractivity contribution in [2.24, 2.45) is 0 Å². The molecule has 0 aliphatic heterocycles. The predicted molar refractivity (Wildman–Crippen MR) is 57.6 cm³/mol. The zero-order valence-corrected chi connectivity index (χ0v) is 8.99. The molecule has 5 heteroatoms. The van der Waals surface area contributed by atoms with E-state index in [4.69, 9.17) is 0 Å². The standard InChI is InChI=1S/C8H6IN3O/c1-4-11-7-5(8(13)12-4)2-10-3-6(7)9/h2-3H,1H3,(H,11,12,13). The molecule has 0 unspecified atom stereocenters. The number of hydrogen-bond acceptors (Lipinski definition) is 3. The fourth-order valence-electron chi connectivity index (χ4n) is 1.14. The highest BCUT2D eigenvalue weighted by atomic mass is 127. The van der Waals surface area contributed by atoms with Gasteiger partial charge in [-0.25, -0.2) is 4.98 Å². The molecule has 0 atom stereocenters. The zero-order valence-electron chi connectivity index (χ0n) is 6.84. The molecule has 0 fully saturated rings. The average Bonchev–Trinajstić information content (AvgIpc) is 2.07. The van der Waals surface area contributed by atoms with E-state index in [-0.39, 0.29) is 5.56 Å². The molecule has 0 aliphatic rings. The highest BCUT2D eigenvalue weighted by Gasteiger charge is 2.04. The van der Waals surface area contributed by atoms with Gasteiger partial charge in [0.2, 0.25) is 0 Å². The Labute approximate surface area is 87.6 Å². The molecule has 2 aromatic heterocycles. The van der Waals surface area contributed by atoms with Crippen LogP contribution < -0.4 is 5.56 Å². The van der Waals surface area contributed by atoms with Crippen LogP contribution in [-0.2, 0) is 0 Å². The van der Waals surface area contributed by atoms with Crippen molar-refractivity contribution in [3.8, 4) is 0 Å². The molecule has 2 aromatic rings. The third-order valence-electron chi connectivity index (χ3n) is 1.69. The largest absolute Gasteiger partial charge is 0.310 e. The van der Waals surface area contributed by atoms with E-state index in [1.165, 1.54) is 6.20 Å². The van der Waals surface area contributed by atoms with Crippen LogP contribution >= 0.6 is 22.6 Å². The first-order valence-corrected chi connectivity index (χ1v) is 4.76. The fourth-order valence-corrected chi connectivity index (χ4v) is 1.71. The Hall–Kier alpha value is -0.980. The minimum absolute atomic E-state index is 0.131. The lowest BCUT2D eigenvalue weighted by atomic mass is 10.3. The number of pyridine rings is 1. The Kier molecular flexibility index (Phi) is 2.03. The van der Waals surface area contributed by atoms with Crippen molar-refractivity contribution in [1.82, 2.24) is 15.0 Å². The van der Waals surface area contributed by atoms with Gasteiger partial charge in [0.25, 0.3) is 5.56 Å². The Bertz CT molecular complexity index is 520. The molecule has 0 saturated heterocycles. The summed E-state index contributed by atoms with van der Waals surface area (Å²) in [6.07, 6.45) is 3.22. The van der Waals surface area contributed by atoms with Crippen molar-refractivity contribution in [2.75, 3.05) is 0 Å². The summed E-state index contributed by atoms with van der Waals surface area (Å²) in [6.45, 7) is 1.76. The highest BCUT2D eigenvalue weighted by molar-refractivity contribution is 14.1. The number of fused-ring (bicyclic) bond motifs is 1.